The maximum atomic E-state index is 14.3. The van der Waals surface area contributed by atoms with Crippen molar-refractivity contribution in [3.63, 3.8) is 0 Å². The van der Waals surface area contributed by atoms with Crippen LogP contribution in [0.2, 0.25) is 0 Å². The number of fused-ring (bicyclic) bond motifs is 3. The van der Waals surface area contributed by atoms with E-state index >= 15 is 0 Å². The summed E-state index contributed by atoms with van der Waals surface area (Å²) in [7, 11) is 6.83. The monoisotopic (exact) mass is 672 g/mol. The topological polar surface area (TPSA) is 138 Å². The number of nitrogens with zero attached hydrogens (tertiary/aromatic N) is 4. The van der Waals surface area contributed by atoms with Gasteiger partial charge in [0.15, 0.2) is 11.6 Å². The highest BCUT2D eigenvalue weighted by Gasteiger charge is 2.57. The third-order valence-corrected chi connectivity index (χ3v) is 10.2. The fourth-order valence-corrected chi connectivity index (χ4v) is 7.71. The van der Waals surface area contributed by atoms with Gasteiger partial charge in [0.25, 0.3) is 0 Å². The highest BCUT2D eigenvalue weighted by molar-refractivity contribution is 6.25. The lowest BCUT2D eigenvalue weighted by atomic mass is 9.59. The van der Waals surface area contributed by atoms with Gasteiger partial charge >= 0.3 is 0 Å². The molecule has 1 aliphatic heterocycles. The van der Waals surface area contributed by atoms with Crippen molar-refractivity contribution in [1.29, 1.82) is 0 Å². The number of anilines is 2. The Kier molecular flexibility index (Phi) is 8.21. The van der Waals surface area contributed by atoms with Gasteiger partial charge in [-0.3, -0.25) is 24.1 Å². The molecular formula is C39H36N4O7. The van der Waals surface area contributed by atoms with E-state index in [1.807, 2.05) is 49.3 Å². The summed E-state index contributed by atoms with van der Waals surface area (Å²) in [5.74, 6) is -3.74. The molecule has 50 heavy (non-hydrogen) atoms. The Hall–Kier alpha value is -5.84. The largest absolute Gasteiger partial charge is 0.507 e. The number of aromatic hydroxyl groups is 1. The molecule has 3 aromatic rings. The molecule has 4 atom stereocenters. The number of ketones is 2. The predicted octanol–water partition coefficient (Wildman–Crippen LogP) is 6.52. The van der Waals surface area contributed by atoms with Gasteiger partial charge in [-0.25, -0.2) is 0 Å². The number of Topliss-reactive ketones (excluding diaryl/α,β-unsaturated/α-hetero) is 1. The Labute approximate surface area is 289 Å². The summed E-state index contributed by atoms with van der Waals surface area (Å²) in [5, 5.41) is 20.0. The number of allylic oxidation sites excluding steroid dienone is 6. The van der Waals surface area contributed by atoms with E-state index in [0.717, 1.165) is 5.69 Å². The Morgan fingerprint density at radius 2 is 1.52 bits per heavy atom. The Morgan fingerprint density at radius 3 is 2.14 bits per heavy atom. The molecule has 0 aromatic heterocycles. The van der Waals surface area contributed by atoms with Crippen LogP contribution in [0, 0.1) is 17.8 Å². The van der Waals surface area contributed by atoms with Gasteiger partial charge in [0.05, 0.1) is 43.1 Å². The highest BCUT2D eigenvalue weighted by Crippen LogP contribution is 2.58. The second-order valence-electron chi connectivity index (χ2n) is 13.1. The van der Waals surface area contributed by atoms with Crippen LogP contribution in [-0.4, -0.2) is 56.8 Å². The minimum absolute atomic E-state index is 0.119. The number of amides is 2. The molecule has 11 heteroatoms. The third kappa shape index (κ3) is 5.29. The molecule has 1 N–H and O–H groups in total. The molecule has 0 spiro atoms. The van der Waals surface area contributed by atoms with Crippen molar-refractivity contribution in [2.75, 3.05) is 38.1 Å². The molecule has 1 heterocycles. The van der Waals surface area contributed by atoms with E-state index in [1.54, 1.807) is 37.3 Å². The van der Waals surface area contributed by atoms with Gasteiger partial charge in [-0.1, -0.05) is 11.6 Å². The Balaban J connectivity index is 1.22. The average Bonchev–Trinajstić information content (AvgIpc) is 3.38. The number of carbonyl (C=O) groups is 4. The number of ether oxygens (including phenoxy) is 2. The molecule has 11 nitrogen and oxygen atoms in total. The first-order valence-electron chi connectivity index (χ1n) is 16.3. The van der Waals surface area contributed by atoms with Crippen molar-refractivity contribution in [3.05, 3.63) is 101 Å². The number of hydrogen-bond acceptors (Lipinski definition) is 10. The first-order valence-corrected chi connectivity index (χ1v) is 16.3. The van der Waals surface area contributed by atoms with Gasteiger partial charge in [-0.05, 0) is 80.3 Å². The summed E-state index contributed by atoms with van der Waals surface area (Å²) < 4.78 is 11.0. The number of phenolic OH excluding ortho intramolecular Hbond substituents is 1. The van der Waals surface area contributed by atoms with Crippen LogP contribution >= 0.6 is 0 Å². The fraction of sp³-hybridized carbons (Fsp3) is 0.282. The number of carbonyl (C=O) groups excluding carboxylic acids is 4. The van der Waals surface area contributed by atoms with Crippen LogP contribution in [0.15, 0.2) is 105 Å². The van der Waals surface area contributed by atoms with Crippen LogP contribution in [0.5, 0.6) is 17.2 Å². The smallest absolute Gasteiger partial charge is 0.238 e. The average molecular weight is 673 g/mol. The summed E-state index contributed by atoms with van der Waals surface area (Å²) in [5.41, 5.74) is 4.55. The number of phenols is 1. The summed E-state index contributed by atoms with van der Waals surface area (Å²) in [6.07, 6.45) is 3.60. The van der Waals surface area contributed by atoms with Gasteiger partial charge < -0.3 is 19.5 Å². The minimum atomic E-state index is -0.869. The molecule has 3 aromatic carbocycles. The molecule has 0 saturated carbocycles. The highest BCUT2D eigenvalue weighted by atomic mass is 16.5. The van der Waals surface area contributed by atoms with Crippen molar-refractivity contribution in [3.8, 4) is 17.2 Å². The zero-order valence-electron chi connectivity index (χ0n) is 28.3. The molecule has 1 fully saturated rings. The second kappa shape index (κ2) is 12.6. The molecule has 0 radical (unpaired) electrons. The van der Waals surface area contributed by atoms with E-state index in [0.29, 0.717) is 39.5 Å². The number of benzene rings is 3. The maximum absolute atomic E-state index is 14.3. The SMILES string of the molecule is COc1cc(O)c(C2C3=CCC4C(=O)N(c5ccc(N=Nc6ccc(N(C)C)cc6)cc5)C(=O)C4C3CC3=C2C(=O)C(C)=CC3=O)c(OC)c1. The number of hydrogen-bond donors (Lipinski definition) is 1. The van der Waals surface area contributed by atoms with E-state index in [4.69, 9.17) is 9.47 Å². The molecular weight excluding hydrogens is 636 g/mol. The van der Waals surface area contributed by atoms with Crippen LogP contribution in [0.3, 0.4) is 0 Å². The van der Waals surface area contributed by atoms with E-state index < -0.39 is 23.7 Å². The number of rotatable bonds is 7. The summed E-state index contributed by atoms with van der Waals surface area (Å²) in [4.78, 5) is 58.7. The van der Waals surface area contributed by atoms with E-state index in [-0.39, 0.29) is 58.9 Å². The van der Waals surface area contributed by atoms with Crippen LogP contribution < -0.4 is 19.3 Å². The lowest BCUT2D eigenvalue weighted by Gasteiger charge is -2.42. The lowest BCUT2D eigenvalue weighted by molar-refractivity contribution is -0.123. The summed E-state index contributed by atoms with van der Waals surface area (Å²) >= 11 is 0. The summed E-state index contributed by atoms with van der Waals surface area (Å²) in [6, 6.07) is 17.4. The number of methoxy groups -OCH3 is 2. The Bertz CT molecular complexity index is 2080. The number of azo groups is 1. The van der Waals surface area contributed by atoms with Gasteiger partial charge in [-0.15, -0.1) is 0 Å². The van der Waals surface area contributed by atoms with Crippen molar-refractivity contribution in [2.24, 2.45) is 28.0 Å². The molecule has 0 bridgehead atoms. The lowest BCUT2D eigenvalue weighted by Crippen LogP contribution is -2.40. The maximum Gasteiger partial charge on any atom is 0.238 e. The first-order chi connectivity index (χ1) is 24.0. The zero-order chi connectivity index (χ0) is 35.4. The van der Waals surface area contributed by atoms with Crippen molar-refractivity contribution in [1.82, 2.24) is 0 Å². The van der Waals surface area contributed by atoms with E-state index in [9.17, 15) is 24.3 Å². The van der Waals surface area contributed by atoms with Gasteiger partial charge in [0.1, 0.15) is 17.2 Å². The van der Waals surface area contributed by atoms with Gasteiger partial charge in [0, 0.05) is 60.1 Å². The van der Waals surface area contributed by atoms with E-state index in [1.165, 1.54) is 31.3 Å². The molecule has 254 valence electrons. The normalized spacial score (nSPS) is 23.0. The third-order valence-electron chi connectivity index (χ3n) is 10.2. The van der Waals surface area contributed by atoms with Gasteiger partial charge in [0.2, 0.25) is 11.8 Å². The van der Waals surface area contributed by atoms with Crippen LogP contribution in [0.25, 0.3) is 0 Å². The molecule has 4 unspecified atom stereocenters. The molecule has 2 amide bonds. The van der Waals surface area contributed by atoms with Crippen molar-refractivity contribution >= 4 is 46.1 Å². The molecule has 3 aliphatic carbocycles. The molecule has 4 aliphatic rings. The van der Waals surface area contributed by atoms with Crippen LogP contribution in [-0.2, 0) is 19.2 Å². The molecule has 7 rings (SSSR count). The minimum Gasteiger partial charge on any atom is -0.507 e. The van der Waals surface area contributed by atoms with Gasteiger partial charge in [-0.2, -0.15) is 10.2 Å². The zero-order valence-corrected chi connectivity index (χ0v) is 28.3. The predicted molar refractivity (Wildman–Crippen MR) is 186 cm³/mol. The fourth-order valence-electron chi connectivity index (χ4n) is 7.71. The van der Waals surface area contributed by atoms with Crippen LogP contribution in [0.4, 0.5) is 22.7 Å². The van der Waals surface area contributed by atoms with Crippen molar-refractivity contribution < 1.29 is 33.8 Å². The standard InChI is InChI=1S/C39H36N4O7/c1-20-16-30(44)29-19-28-26(34(35(29)37(20)46)36-31(45)17-25(49-4)18-32(36)50-5)14-15-27-33(28)39(48)43(38(27)47)24-12-8-22(9-13-24)41-40-21-6-10-23(11-7-21)42(2)3/h6-14,16-18,27-28,33-34,45H,15,19H2,1-5H3. The molecule has 1 saturated heterocycles. The quantitative estimate of drug-likeness (QED) is 0.130. The van der Waals surface area contributed by atoms with Crippen molar-refractivity contribution in [2.45, 2.75) is 25.7 Å². The van der Waals surface area contributed by atoms with Crippen LogP contribution in [0.1, 0.15) is 31.2 Å². The second-order valence-corrected chi connectivity index (χ2v) is 13.1. The number of imide groups is 1. The first kappa shape index (κ1) is 32.7. The van der Waals surface area contributed by atoms with E-state index in [2.05, 4.69) is 10.2 Å². The Morgan fingerprint density at radius 1 is 0.860 bits per heavy atom. The summed E-state index contributed by atoms with van der Waals surface area (Å²) in [6.45, 7) is 1.59.